The highest BCUT2D eigenvalue weighted by atomic mass is 35.5. The summed E-state index contributed by atoms with van der Waals surface area (Å²) in [6.45, 7) is 4.50. The minimum Gasteiger partial charge on any atom is -0.366 e. The quantitative estimate of drug-likeness (QED) is 0.915. The summed E-state index contributed by atoms with van der Waals surface area (Å²) in [4.78, 5) is 28.4. The van der Waals surface area contributed by atoms with Gasteiger partial charge in [0.15, 0.2) is 0 Å². The van der Waals surface area contributed by atoms with Crippen LogP contribution in [0.15, 0.2) is 18.2 Å². The number of carbonyl (C=O) groups excluding carboxylic acids is 2. The van der Waals surface area contributed by atoms with Gasteiger partial charge >= 0.3 is 0 Å². The molecule has 2 N–H and O–H groups in total. The molecule has 3 rings (SSSR count). The van der Waals surface area contributed by atoms with E-state index >= 15 is 0 Å². The lowest BCUT2D eigenvalue weighted by molar-refractivity contribution is 0.0761. The van der Waals surface area contributed by atoms with Gasteiger partial charge in [0, 0.05) is 31.7 Å². The highest BCUT2D eigenvalue weighted by Gasteiger charge is 2.27. The van der Waals surface area contributed by atoms with Crippen LogP contribution < -0.4 is 5.73 Å². The summed E-state index contributed by atoms with van der Waals surface area (Å²) in [5.41, 5.74) is 5.96. The first-order valence-corrected chi connectivity index (χ1v) is 8.53. The smallest absolute Gasteiger partial charge is 0.255 e. The Morgan fingerprint density at radius 2 is 1.96 bits per heavy atom. The lowest BCUT2D eigenvalue weighted by atomic mass is 10.1. The number of benzene rings is 1. The number of nitrogens with two attached hydrogens (primary N) is 1. The van der Waals surface area contributed by atoms with Crippen LogP contribution in [0.5, 0.6) is 0 Å². The summed E-state index contributed by atoms with van der Waals surface area (Å²) in [5.74, 6) is 0.188. The van der Waals surface area contributed by atoms with Crippen LogP contribution in [0.3, 0.4) is 0 Å². The summed E-state index contributed by atoms with van der Waals surface area (Å²) >= 11 is 6.15. The summed E-state index contributed by atoms with van der Waals surface area (Å²) in [6.07, 6.45) is 3.65. The van der Waals surface area contributed by atoms with E-state index in [9.17, 15) is 9.59 Å². The highest BCUT2D eigenvalue weighted by molar-refractivity contribution is 6.34. The molecule has 124 valence electrons. The van der Waals surface area contributed by atoms with Gasteiger partial charge in [0.1, 0.15) is 0 Å². The van der Waals surface area contributed by atoms with Gasteiger partial charge in [0.25, 0.3) is 5.91 Å². The number of hydrogen-bond donors (Lipinski definition) is 1. The van der Waals surface area contributed by atoms with E-state index in [1.165, 1.54) is 18.9 Å². The van der Waals surface area contributed by atoms with Crippen LogP contribution in [0.4, 0.5) is 0 Å². The van der Waals surface area contributed by atoms with Crippen molar-refractivity contribution in [2.75, 3.05) is 32.7 Å². The Morgan fingerprint density at radius 1 is 1.17 bits per heavy atom. The Bertz CT molecular complexity index is 616. The van der Waals surface area contributed by atoms with Crippen molar-refractivity contribution in [2.24, 2.45) is 11.7 Å². The SMILES string of the molecule is NC(=O)c1ccc(Cl)c(C(=O)N2CCCN(CC3CC3)CC2)c1. The van der Waals surface area contributed by atoms with E-state index in [1.807, 2.05) is 4.90 Å². The first-order chi connectivity index (χ1) is 11.0. The molecule has 1 aromatic carbocycles. The van der Waals surface area contributed by atoms with Crippen molar-refractivity contribution in [3.63, 3.8) is 0 Å². The topological polar surface area (TPSA) is 66.6 Å². The minimum atomic E-state index is -0.554. The zero-order valence-electron chi connectivity index (χ0n) is 13.1. The molecule has 0 spiro atoms. The second-order valence-corrected chi connectivity index (χ2v) is 6.86. The monoisotopic (exact) mass is 335 g/mol. The van der Waals surface area contributed by atoms with Crippen LogP contribution in [0.2, 0.25) is 5.02 Å². The molecular weight excluding hydrogens is 314 g/mol. The summed E-state index contributed by atoms with van der Waals surface area (Å²) in [6, 6.07) is 4.60. The Labute approximate surface area is 141 Å². The average Bonchev–Trinajstić information content (AvgIpc) is 3.35. The number of rotatable bonds is 4. The van der Waals surface area contributed by atoms with Gasteiger partial charge in [0.05, 0.1) is 10.6 Å². The van der Waals surface area contributed by atoms with Crippen molar-refractivity contribution in [1.82, 2.24) is 9.80 Å². The van der Waals surface area contributed by atoms with Gasteiger partial charge in [-0.2, -0.15) is 0 Å². The number of amides is 2. The number of hydrogen-bond acceptors (Lipinski definition) is 3. The molecule has 1 aliphatic heterocycles. The lowest BCUT2D eigenvalue weighted by Crippen LogP contribution is -2.36. The number of halogens is 1. The Kier molecular flexibility index (Phi) is 4.87. The van der Waals surface area contributed by atoms with Crippen LogP contribution in [0, 0.1) is 5.92 Å². The molecule has 2 aliphatic rings. The molecule has 0 atom stereocenters. The lowest BCUT2D eigenvalue weighted by Gasteiger charge is -2.22. The third-order valence-electron chi connectivity index (χ3n) is 4.57. The number of nitrogens with zero attached hydrogens (tertiary/aromatic N) is 2. The largest absolute Gasteiger partial charge is 0.366 e. The van der Waals surface area contributed by atoms with Crippen molar-refractivity contribution in [3.05, 3.63) is 34.3 Å². The molecule has 1 saturated carbocycles. The first-order valence-electron chi connectivity index (χ1n) is 8.15. The van der Waals surface area contributed by atoms with Crippen molar-refractivity contribution < 1.29 is 9.59 Å². The van der Waals surface area contributed by atoms with E-state index in [1.54, 1.807) is 12.1 Å². The highest BCUT2D eigenvalue weighted by Crippen LogP contribution is 2.30. The second kappa shape index (κ2) is 6.89. The molecule has 0 unspecified atom stereocenters. The summed E-state index contributed by atoms with van der Waals surface area (Å²) < 4.78 is 0. The normalized spacial score (nSPS) is 19.4. The third kappa shape index (κ3) is 4.03. The maximum absolute atomic E-state index is 12.8. The Hall–Kier alpha value is -1.59. The van der Waals surface area contributed by atoms with Gasteiger partial charge in [-0.25, -0.2) is 0 Å². The third-order valence-corrected chi connectivity index (χ3v) is 4.90. The number of primary amides is 1. The van der Waals surface area contributed by atoms with E-state index in [2.05, 4.69) is 4.90 Å². The zero-order chi connectivity index (χ0) is 16.4. The van der Waals surface area contributed by atoms with E-state index in [0.29, 0.717) is 22.7 Å². The summed E-state index contributed by atoms with van der Waals surface area (Å²) in [5, 5.41) is 0.360. The molecule has 0 aromatic heterocycles. The van der Waals surface area contributed by atoms with Gasteiger partial charge in [-0.1, -0.05) is 11.6 Å². The van der Waals surface area contributed by atoms with Gasteiger partial charge in [-0.15, -0.1) is 0 Å². The van der Waals surface area contributed by atoms with Gasteiger partial charge in [-0.05, 0) is 49.9 Å². The fourth-order valence-electron chi connectivity index (χ4n) is 3.03. The standard InChI is InChI=1S/C17H22ClN3O2/c18-15-5-4-13(16(19)22)10-14(15)17(23)21-7-1-6-20(8-9-21)11-12-2-3-12/h4-5,10,12H,1-3,6-9,11H2,(H2,19,22). The Balaban J connectivity index is 1.69. The molecule has 23 heavy (non-hydrogen) atoms. The van der Waals surface area contributed by atoms with Gasteiger partial charge in [0.2, 0.25) is 5.91 Å². The van der Waals surface area contributed by atoms with Crippen molar-refractivity contribution >= 4 is 23.4 Å². The van der Waals surface area contributed by atoms with Crippen LogP contribution in [-0.2, 0) is 0 Å². The summed E-state index contributed by atoms with van der Waals surface area (Å²) in [7, 11) is 0. The number of carbonyl (C=O) groups is 2. The van der Waals surface area contributed by atoms with Crippen LogP contribution in [0.1, 0.15) is 40.0 Å². The zero-order valence-corrected chi connectivity index (χ0v) is 13.9. The molecular formula is C17H22ClN3O2. The molecule has 1 aromatic rings. The fourth-order valence-corrected chi connectivity index (χ4v) is 3.23. The molecule has 0 radical (unpaired) electrons. The van der Waals surface area contributed by atoms with E-state index in [-0.39, 0.29) is 5.91 Å². The van der Waals surface area contributed by atoms with Crippen LogP contribution in [-0.4, -0.2) is 54.3 Å². The first kappa shape index (κ1) is 16.3. The van der Waals surface area contributed by atoms with Gasteiger partial charge < -0.3 is 15.5 Å². The predicted octanol–water partition coefficient (Wildman–Crippen LogP) is 2.00. The van der Waals surface area contributed by atoms with Crippen molar-refractivity contribution in [3.8, 4) is 0 Å². The fraction of sp³-hybridized carbons (Fsp3) is 0.529. The molecule has 6 heteroatoms. The molecule has 2 fully saturated rings. The minimum absolute atomic E-state index is 0.119. The molecule has 2 amide bonds. The predicted molar refractivity (Wildman–Crippen MR) is 89.7 cm³/mol. The maximum Gasteiger partial charge on any atom is 0.255 e. The van der Waals surface area contributed by atoms with Gasteiger partial charge in [-0.3, -0.25) is 9.59 Å². The Morgan fingerprint density at radius 3 is 2.65 bits per heavy atom. The molecule has 1 heterocycles. The van der Waals surface area contributed by atoms with Crippen LogP contribution in [0.25, 0.3) is 0 Å². The molecule has 1 aliphatic carbocycles. The molecule has 0 bridgehead atoms. The molecule has 1 saturated heterocycles. The van der Waals surface area contributed by atoms with Crippen molar-refractivity contribution in [1.29, 1.82) is 0 Å². The van der Waals surface area contributed by atoms with Crippen molar-refractivity contribution in [2.45, 2.75) is 19.3 Å². The average molecular weight is 336 g/mol. The van der Waals surface area contributed by atoms with E-state index < -0.39 is 5.91 Å². The second-order valence-electron chi connectivity index (χ2n) is 6.45. The van der Waals surface area contributed by atoms with Crippen LogP contribution >= 0.6 is 11.6 Å². The maximum atomic E-state index is 12.8. The molecule has 5 nitrogen and oxygen atoms in total. The van der Waals surface area contributed by atoms with E-state index in [4.69, 9.17) is 17.3 Å². The van der Waals surface area contributed by atoms with E-state index in [0.717, 1.165) is 38.5 Å².